The van der Waals surface area contributed by atoms with E-state index in [0.717, 1.165) is 11.0 Å². The molecule has 1 atom stereocenters. The smallest absolute Gasteiger partial charge is 0.0294 e. The Kier molecular flexibility index (Phi) is 4.78. The van der Waals surface area contributed by atoms with Gasteiger partial charge in [-0.1, -0.05) is 46.3 Å². The predicted molar refractivity (Wildman–Crippen MR) is 85.3 cm³/mol. The van der Waals surface area contributed by atoms with Gasteiger partial charge in [-0.25, -0.2) is 0 Å². The molecule has 0 bridgehead atoms. The molecule has 1 N–H and O–H groups in total. The highest BCUT2D eigenvalue weighted by molar-refractivity contribution is 9.10. The van der Waals surface area contributed by atoms with Crippen LogP contribution in [0.3, 0.4) is 0 Å². The van der Waals surface area contributed by atoms with Crippen molar-refractivity contribution in [3.05, 3.63) is 69.2 Å². The van der Waals surface area contributed by atoms with Crippen LogP contribution in [0.4, 0.5) is 0 Å². The summed E-state index contributed by atoms with van der Waals surface area (Å²) in [6, 6.07) is 15.3. The van der Waals surface area contributed by atoms with E-state index in [1.54, 1.807) is 0 Å². The van der Waals surface area contributed by atoms with E-state index in [0.29, 0.717) is 6.04 Å². The fourth-order valence-electron chi connectivity index (χ4n) is 2.14. The summed E-state index contributed by atoms with van der Waals surface area (Å²) in [6.07, 6.45) is 0. The standard InChI is InChI=1S/C17H20BrN/c1-12-5-4-6-16(13(12)2)11-19-14(3)15-7-9-17(18)10-8-15/h4-10,14,19H,11H2,1-3H3/t14-/m0/s1. The molecule has 2 rings (SSSR count). The lowest BCUT2D eigenvalue weighted by Crippen LogP contribution is -2.18. The lowest BCUT2D eigenvalue weighted by atomic mass is 10.0. The van der Waals surface area contributed by atoms with Gasteiger partial charge in [-0.15, -0.1) is 0 Å². The molecule has 0 amide bonds. The van der Waals surface area contributed by atoms with Gasteiger partial charge in [0.15, 0.2) is 0 Å². The molecule has 0 aromatic heterocycles. The van der Waals surface area contributed by atoms with Gasteiger partial charge in [0.05, 0.1) is 0 Å². The van der Waals surface area contributed by atoms with Gasteiger partial charge in [0.1, 0.15) is 0 Å². The summed E-state index contributed by atoms with van der Waals surface area (Å²) in [6.45, 7) is 7.47. The highest BCUT2D eigenvalue weighted by Gasteiger charge is 2.06. The Morgan fingerprint density at radius 3 is 2.42 bits per heavy atom. The van der Waals surface area contributed by atoms with Crippen LogP contribution < -0.4 is 5.32 Å². The van der Waals surface area contributed by atoms with Crippen molar-refractivity contribution < 1.29 is 0 Å². The Balaban J connectivity index is 2.02. The number of halogens is 1. The molecule has 0 unspecified atom stereocenters. The third kappa shape index (κ3) is 3.68. The molecule has 0 saturated carbocycles. The molecule has 19 heavy (non-hydrogen) atoms. The summed E-state index contributed by atoms with van der Waals surface area (Å²) < 4.78 is 1.12. The molecule has 2 heteroatoms. The van der Waals surface area contributed by atoms with Gasteiger partial charge in [0.2, 0.25) is 0 Å². The lowest BCUT2D eigenvalue weighted by Gasteiger charge is -2.16. The zero-order chi connectivity index (χ0) is 13.8. The average molecular weight is 318 g/mol. The Morgan fingerprint density at radius 2 is 1.74 bits per heavy atom. The topological polar surface area (TPSA) is 12.0 Å². The van der Waals surface area contributed by atoms with E-state index in [2.05, 4.69) is 84.5 Å². The quantitative estimate of drug-likeness (QED) is 0.844. The van der Waals surface area contributed by atoms with Gasteiger partial charge in [0.25, 0.3) is 0 Å². The van der Waals surface area contributed by atoms with E-state index < -0.39 is 0 Å². The van der Waals surface area contributed by atoms with Crippen molar-refractivity contribution in [3.63, 3.8) is 0 Å². The second-order valence-corrected chi connectivity index (χ2v) is 5.93. The normalized spacial score (nSPS) is 12.4. The van der Waals surface area contributed by atoms with E-state index in [4.69, 9.17) is 0 Å². The van der Waals surface area contributed by atoms with Gasteiger partial charge >= 0.3 is 0 Å². The molecule has 1 nitrogen and oxygen atoms in total. The van der Waals surface area contributed by atoms with Gasteiger partial charge in [0, 0.05) is 17.1 Å². The van der Waals surface area contributed by atoms with Crippen molar-refractivity contribution in [3.8, 4) is 0 Å². The Labute approximate surface area is 124 Å². The van der Waals surface area contributed by atoms with E-state index in [9.17, 15) is 0 Å². The van der Waals surface area contributed by atoms with E-state index in [1.807, 2.05) is 0 Å². The first-order valence-corrected chi connectivity index (χ1v) is 7.41. The Morgan fingerprint density at radius 1 is 1.05 bits per heavy atom. The first kappa shape index (κ1) is 14.3. The van der Waals surface area contributed by atoms with Crippen LogP contribution in [0, 0.1) is 13.8 Å². The summed E-state index contributed by atoms with van der Waals surface area (Å²) in [4.78, 5) is 0. The lowest BCUT2D eigenvalue weighted by molar-refractivity contribution is 0.573. The highest BCUT2D eigenvalue weighted by Crippen LogP contribution is 2.18. The predicted octanol–water partition coefficient (Wildman–Crippen LogP) is 4.92. The van der Waals surface area contributed by atoms with Crippen molar-refractivity contribution >= 4 is 15.9 Å². The van der Waals surface area contributed by atoms with Crippen LogP contribution in [-0.2, 0) is 6.54 Å². The van der Waals surface area contributed by atoms with Crippen molar-refractivity contribution in [1.82, 2.24) is 5.32 Å². The van der Waals surface area contributed by atoms with Crippen LogP contribution in [0.1, 0.15) is 35.2 Å². The second-order valence-electron chi connectivity index (χ2n) is 5.01. The molecular formula is C17H20BrN. The van der Waals surface area contributed by atoms with Crippen LogP contribution in [0.25, 0.3) is 0 Å². The van der Waals surface area contributed by atoms with Crippen LogP contribution in [0.2, 0.25) is 0 Å². The summed E-state index contributed by atoms with van der Waals surface area (Å²) in [5.74, 6) is 0. The number of benzene rings is 2. The molecule has 0 saturated heterocycles. The summed E-state index contributed by atoms with van der Waals surface area (Å²) in [5.41, 5.74) is 5.44. The third-order valence-corrected chi connectivity index (χ3v) is 4.21. The van der Waals surface area contributed by atoms with Crippen molar-refractivity contribution in [1.29, 1.82) is 0 Å². The number of aryl methyl sites for hydroxylation is 1. The zero-order valence-corrected chi connectivity index (χ0v) is 13.3. The first-order valence-electron chi connectivity index (χ1n) is 6.62. The number of rotatable bonds is 4. The molecular weight excluding hydrogens is 298 g/mol. The minimum absolute atomic E-state index is 0.355. The SMILES string of the molecule is Cc1cccc(CN[C@@H](C)c2ccc(Br)cc2)c1C. The van der Waals surface area contributed by atoms with Crippen molar-refractivity contribution in [2.45, 2.75) is 33.4 Å². The van der Waals surface area contributed by atoms with E-state index in [1.165, 1.54) is 22.3 Å². The molecule has 100 valence electrons. The van der Waals surface area contributed by atoms with Gasteiger partial charge in [-0.2, -0.15) is 0 Å². The summed E-state index contributed by atoms with van der Waals surface area (Å²) in [5, 5.41) is 3.59. The molecule has 0 aliphatic rings. The molecule has 0 heterocycles. The van der Waals surface area contributed by atoms with Gasteiger partial charge in [-0.05, 0) is 55.2 Å². The monoisotopic (exact) mass is 317 g/mol. The van der Waals surface area contributed by atoms with Crippen LogP contribution >= 0.6 is 15.9 Å². The fraction of sp³-hybridized carbons (Fsp3) is 0.294. The van der Waals surface area contributed by atoms with Crippen molar-refractivity contribution in [2.24, 2.45) is 0 Å². The summed E-state index contributed by atoms with van der Waals surface area (Å²) >= 11 is 3.47. The third-order valence-electron chi connectivity index (χ3n) is 3.69. The first-order chi connectivity index (χ1) is 9.08. The minimum Gasteiger partial charge on any atom is -0.306 e. The minimum atomic E-state index is 0.355. The van der Waals surface area contributed by atoms with Crippen LogP contribution in [0.15, 0.2) is 46.9 Å². The largest absolute Gasteiger partial charge is 0.306 e. The maximum Gasteiger partial charge on any atom is 0.0294 e. The maximum absolute atomic E-state index is 3.59. The van der Waals surface area contributed by atoms with E-state index in [-0.39, 0.29) is 0 Å². The second kappa shape index (κ2) is 6.36. The molecule has 0 radical (unpaired) electrons. The Bertz CT molecular complexity index is 546. The van der Waals surface area contributed by atoms with Crippen LogP contribution in [0.5, 0.6) is 0 Å². The number of nitrogens with one attached hydrogen (secondary N) is 1. The molecule has 0 fully saturated rings. The number of hydrogen-bond acceptors (Lipinski definition) is 1. The van der Waals surface area contributed by atoms with Gasteiger partial charge in [-0.3, -0.25) is 0 Å². The number of hydrogen-bond donors (Lipinski definition) is 1. The van der Waals surface area contributed by atoms with Gasteiger partial charge < -0.3 is 5.32 Å². The van der Waals surface area contributed by atoms with E-state index >= 15 is 0 Å². The Hall–Kier alpha value is -1.12. The van der Waals surface area contributed by atoms with Crippen LogP contribution in [-0.4, -0.2) is 0 Å². The van der Waals surface area contributed by atoms with Crippen molar-refractivity contribution in [2.75, 3.05) is 0 Å². The molecule has 0 aliphatic heterocycles. The molecule has 0 spiro atoms. The zero-order valence-electron chi connectivity index (χ0n) is 11.7. The highest BCUT2D eigenvalue weighted by atomic mass is 79.9. The molecule has 2 aromatic rings. The maximum atomic E-state index is 3.59. The summed E-state index contributed by atoms with van der Waals surface area (Å²) in [7, 11) is 0. The average Bonchev–Trinajstić information content (AvgIpc) is 2.41. The molecule has 2 aromatic carbocycles. The fourth-order valence-corrected chi connectivity index (χ4v) is 2.40. The molecule has 0 aliphatic carbocycles.